The molecule has 3 rings (SSSR count). The third kappa shape index (κ3) is 2.55. The minimum Gasteiger partial charge on any atom is -0.481 e. The summed E-state index contributed by atoms with van der Waals surface area (Å²) in [6.45, 7) is 0. The first-order valence-electron chi connectivity index (χ1n) is 6.61. The summed E-state index contributed by atoms with van der Waals surface area (Å²) in [5.41, 5.74) is 0.0371. The molecule has 0 unspecified atom stereocenters. The van der Waals surface area contributed by atoms with Crippen molar-refractivity contribution >= 4 is 33.5 Å². The van der Waals surface area contributed by atoms with Crippen LogP contribution in [0.3, 0.4) is 0 Å². The van der Waals surface area contributed by atoms with Crippen LogP contribution in [0.15, 0.2) is 22.7 Å². The molecule has 2 aliphatic heterocycles. The first-order valence-corrected chi connectivity index (χ1v) is 7.41. The van der Waals surface area contributed by atoms with E-state index in [1.165, 1.54) is 12.1 Å². The molecule has 0 spiro atoms. The molecule has 7 heteroatoms. The normalized spacial score (nSPS) is 30.4. The van der Waals surface area contributed by atoms with Gasteiger partial charge in [0, 0.05) is 4.47 Å². The molecule has 1 aromatic carbocycles. The molecule has 2 bridgehead atoms. The van der Waals surface area contributed by atoms with Gasteiger partial charge in [-0.1, -0.05) is 15.9 Å². The number of benzene rings is 1. The highest BCUT2D eigenvalue weighted by atomic mass is 79.9. The number of nitrogens with one attached hydrogen (secondary N) is 1. The van der Waals surface area contributed by atoms with Gasteiger partial charge in [0.2, 0.25) is 5.91 Å². The number of ether oxygens (including phenoxy) is 1. The van der Waals surface area contributed by atoms with E-state index in [1.807, 2.05) is 0 Å². The lowest BCUT2D eigenvalue weighted by Crippen LogP contribution is -2.41. The Hall–Kier alpha value is -1.47. The maximum atomic E-state index is 13.7. The van der Waals surface area contributed by atoms with Crippen LogP contribution in [0.4, 0.5) is 10.1 Å². The van der Waals surface area contributed by atoms with Gasteiger partial charge in [0.05, 0.1) is 29.7 Å². The lowest BCUT2D eigenvalue weighted by atomic mass is 9.78. The monoisotopic (exact) mass is 357 g/mol. The second-order valence-corrected chi connectivity index (χ2v) is 6.21. The Balaban J connectivity index is 1.80. The second kappa shape index (κ2) is 5.38. The van der Waals surface area contributed by atoms with E-state index < -0.39 is 41.7 Å². The Bertz CT molecular complexity index is 609. The molecule has 1 amide bonds. The van der Waals surface area contributed by atoms with Crippen molar-refractivity contribution in [3.63, 3.8) is 0 Å². The molecule has 4 atom stereocenters. The van der Waals surface area contributed by atoms with Gasteiger partial charge in [0.15, 0.2) is 0 Å². The summed E-state index contributed by atoms with van der Waals surface area (Å²) < 4.78 is 19.8. The summed E-state index contributed by atoms with van der Waals surface area (Å²) in [5.74, 6) is -3.75. The first kappa shape index (κ1) is 14.5. The third-order valence-electron chi connectivity index (χ3n) is 4.05. The molecule has 0 aliphatic carbocycles. The quantitative estimate of drug-likeness (QED) is 0.870. The number of aliphatic carboxylic acids is 1. The molecule has 0 radical (unpaired) electrons. The number of rotatable bonds is 3. The molecule has 2 aliphatic rings. The summed E-state index contributed by atoms with van der Waals surface area (Å²) in [4.78, 5) is 23.7. The van der Waals surface area contributed by atoms with Crippen LogP contribution in [-0.4, -0.2) is 29.2 Å². The number of carboxylic acid groups (broad SMARTS) is 1. The van der Waals surface area contributed by atoms with Gasteiger partial charge in [0.25, 0.3) is 0 Å². The maximum Gasteiger partial charge on any atom is 0.310 e. The standard InChI is InChI=1S/C14H13BrFNO4/c15-6-1-2-8(7(16)5-6)17-13(18)11-9-3-4-10(21-9)12(11)14(19)20/h1-2,5,9-12H,3-4H2,(H,17,18)(H,19,20)/t9-,10-,11-,12-/m1/s1. The zero-order chi connectivity index (χ0) is 15.1. The minimum atomic E-state index is -1.04. The topological polar surface area (TPSA) is 75.6 Å². The average Bonchev–Trinajstić information content (AvgIpc) is 3.02. The van der Waals surface area contributed by atoms with E-state index in [0.717, 1.165) is 0 Å². The molecular formula is C14H13BrFNO4. The Morgan fingerprint density at radius 2 is 1.95 bits per heavy atom. The van der Waals surface area contributed by atoms with Gasteiger partial charge in [-0.15, -0.1) is 0 Å². The number of hydrogen-bond donors (Lipinski definition) is 2. The Kier molecular flexibility index (Phi) is 3.71. The average molecular weight is 358 g/mol. The van der Waals surface area contributed by atoms with Gasteiger partial charge in [0.1, 0.15) is 5.82 Å². The molecular weight excluding hydrogens is 345 g/mol. The smallest absolute Gasteiger partial charge is 0.310 e. The predicted molar refractivity (Wildman–Crippen MR) is 75.2 cm³/mol. The van der Waals surface area contributed by atoms with Crippen LogP contribution in [0.5, 0.6) is 0 Å². The fourth-order valence-electron chi connectivity index (χ4n) is 3.13. The Labute approximate surface area is 128 Å². The van der Waals surface area contributed by atoms with Crippen molar-refractivity contribution in [1.29, 1.82) is 0 Å². The SMILES string of the molecule is O=C(O)[C@H]1[C@H](C(=O)Nc2ccc(Br)cc2F)[C@H]2CC[C@H]1O2. The van der Waals surface area contributed by atoms with E-state index in [9.17, 15) is 19.1 Å². The van der Waals surface area contributed by atoms with Gasteiger partial charge in [-0.25, -0.2) is 4.39 Å². The summed E-state index contributed by atoms with van der Waals surface area (Å²) >= 11 is 3.13. The van der Waals surface area contributed by atoms with Gasteiger partial charge in [-0.2, -0.15) is 0 Å². The molecule has 1 aromatic rings. The predicted octanol–water partition coefficient (Wildman–Crippen LogP) is 2.40. The van der Waals surface area contributed by atoms with Crippen molar-refractivity contribution < 1.29 is 23.8 Å². The van der Waals surface area contributed by atoms with Gasteiger partial charge in [-0.3, -0.25) is 9.59 Å². The Morgan fingerprint density at radius 3 is 2.57 bits per heavy atom. The summed E-state index contributed by atoms with van der Waals surface area (Å²) in [7, 11) is 0. The van der Waals surface area contributed by atoms with Crippen molar-refractivity contribution in [1.82, 2.24) is 0 Å². The first-order chi connectivity index (χ1) is 9.97. The molecule has 112 valence electrons. The molecule has 0 saturated carbocycles. The van der Waals surface area contributed by atoms with E-state index in [1.54, 1.807) is 6.07 Å². The van der Waals surface area contributed by atoms with E-state index in [2.05, 4.69) is 21.2 Å². The largest absolute Gasteiger partial charge is 0.481 e. The van der Waals surface area contributed by atoms with Crippen molar-refractivity contribution in [2.45, 2.75) is 25.0 Å². The summed E-state index contributed by atoms with van der Waals surface area (Å²) in [6.07, 6.45) is 0.501. The lowest BCUT2D eigenvalue weighted by molar-refractivity contribution is -0.147. The number of hydrogen-bond acceptors (Lipinski definition) is 3. The van der Waals surface area contributed by atoms with Crippen LogP contribution in [-0.2, 0) is 14.3 Å². The van der Waals surface area contributed by atoms with Crippen molar-refractivity contribution in [3.8, 4) is 0 Å². The zero-order valence-electron chi connectivity index (χ0n) is 10.9. The third-order valence-corrected chi connectivity index (χ3v) is 4.54. The minimum absolute atomic E-state index is 0.0371. The van der Waals surface area contributed by atoms with Crippen LogP contribution < -0.4 is 5.32 Å². The number of carboxylic acids is 1. The van der Waals surface area contributed by atoms with Crippen molar-refractivity contribution in [3.05, 3.63) is 28.5 Å². The van der Waals surface area contributed by atoms with Gasteiger partial charge < -0.3 is 15.2 Å². The maximum absolute atomic E-state index is 13.7. The molecule has 5 nitrogen and oxygen atoms in total. The molecule has 0 aromatic heterocycles. The molecule has 2 saturated heterocycles. The summed E-state index contributed by atoms with van der Waals surface area (Å²) in [5, 5.41) is 11.7. The van der Waals surface area contributed by atoms with E-state index in [4.69, 9.17) is 4.74 Å². The molecule has 2 heterocycles. The highest BCUT2D eigenvalue weighted by Gasteiger charge is 2.55. The fraction of sp³-hybridized carbons (Fsp3) is 0.429. The number of anilines is 1. The van der Waals surface area contributed by atoms with Gasteiger partial charge >= 0.3 is 5.97 Å². The highest BCUT2D eigenvalue weighted by molar-refractivity contribution is 9.10. The van der Waals surface area contributed by atoms with Crippen LogP contribution in [0.1, 0.15) is 12.8 Å². The van der Waals surface area contributed by atoms with E-state index >= 15 is 0 Å². The number of amides is 1. The lowest BCUT2D eigenvalue weighted by Gasteiger charge is -2.23. The second-order valence-electron chi connectivity index (χ2n) is 5.29. The summed E-state index contributed by atoms with van der Waals surface area (Å²) in [6, 6.07) is 4.27. The molecule has 2 N–H and O–H groups in total. The number of fused-ring (bicyclic) bond motifs is 2. The zero-order valence-corrected chi connectivity index (χ0v) is 12.5. The van der Waals surface area contributed by atoms with Crippen LogP contribution >= 0.6 is 15.9 Å². The highest BCUT2D eigenvalue weighted by Crippen LogP contribution is 2.44. The van der Waals surface area contributed by atoms with E-state index in [-0.39, 0.29) is 5.69 Å². The number of halogens is 2. The van der Waals surface area contributed by atoms with Crippen molar-refractivity contribution in [2.75, 3.05) is 5.32 Å². The molecule has 21 heavy (non-hydrogen) atoms. The van der Waals surface area contributed by atoms with Crippen LogP contribution in [0.2, 0.25) is 0 Å². The number of carbonyl (C=O) groups is 2. The van der Waals surface area contributed by atoms with E-state index in [0.29, 0.717) is 17.3 Å². The fourth-order valence-corrected chi connectivity index (χ4v) is 3.46. The van der Waals surface area contributed by atoms with Crippen molar-refractivity contribution in [2.24, 2.45) is 11.8 Å². The van der Waals surface area contributed by atoms with Crippen LogP contribution in [0.25, 0.3) is 0 Å². The van der Waals surface area contributed by atoms with Gasteiger partial charge in [-0.05, 0) is 31.0 Å². The molecule has 2 fully saturated rings. The number of carbonyl (C=O) groups excluding carboxylic acids is 1. The van der Waals surface area contributed by atoms with Crippen LogP contribution in [0, 0.1) is 17.7 Å². The Morgan fingerprint density at radius 1 is 1.29 bits per heavy atom.